The molecule has 1 aliphatic rings. The number of hydrogen-bond donors (Lipinski definition) is 0. The monoisotopic (exact) mass is 304 g/mol. The summed E-state index contributed by atoms with van der Waals surface area (Å²) in [6.07, 6.45) is 6.67. The second-order valence-corrected chi connectivity index (χ2v) is 6.49. The SMILES string of the molecule is CCn1cnnc1CCn1cc([C@@H]2CCOC(C)(C)C2)nn1. The Labute approximate surface area is 130 Å². The molecule has 1 aliphatic heterocycles. The van der Waals surface area contributed by atoms with Gasteiger partial charge in [-0.1, -0.05) is 5.21 Å². The van der Waals surface area contributed by atoms with E-state index in [-0.39, 0.29) is 5.60 Å². The van der Waals surface area contributed by atoms with Gasteiger partial charge in [-0.05, 0) is 33.6 Å². The second-order valence-electron chi connectivity index (χ2n) is 6.49. The van der Waals surface area contributed by atoms with Crippen molar-refractivity contribution in [2.75, 3.05) is 6.61 Å². The molecule has 7 nitrogen and oxygen atoms in total. The van der Waals surface area contributed by atoms with Gasteiger partial charge < -0.3 is 9.30 Å². The van der Waals surface area contributed by atoms with Crippen LogP contribution in [-0.2, 0) is 24.2 Å². The average Bonchev–Trinajstić information content (AvgIpc) is 3.13. The number of aryl methyl sites for hydroxylation is 3. The van der Waals surface area contributed by atoms with Gasteiger partial charge in [0.15, 0.2) is 0 Å². The Bertz CT molecular complexity index is 617. The first kappa shape index (κ1) is 15.1. The van der Waals surface area contributed by atoms with Crippen molar-refractivity contribution in [2.45, 2.75) is 64.6 Å². The first-order valence-electron chi connectivity index (χ1n) is 7.98. The number of ether oxygens (including phenoxy) is 1. The number of aromatic nitrogens is 6. The van der Waals surface area contributed by atoms with Crippen LogP contribution in [0.2, 0.25) is 0 Å². The van der Waals surface area contributed by atoms with Crippen molar-refractivity contribution < 1.29 is 4.74 Å². The Morgan fingerprint density at radius 2 is 2.23 bits per heavy atom. The van der Waals surface area contributed by atoms with Crippen molar-refractivity contribution in [3.05, 3.63) is 24.0 Å². The van der Waals surface area contributed by atoms with Crippen LogP contribution in [0, 0.1) is 0 Å². The topological polar surface area (TPSA) is 70.7 Å². The van der Waals surface area contributed by atoms with Gasteiger partial charge in [0.1, 0.15) is 12.2 Å². The third kappa shape index (κ3) is 3.35. The van der Waals surface area contributed by atoms with E-state index in [0.29, 0.717) is 5.92 Å². The molecule has 0 unspecified atom stereocenters. The van der Waals surface area contributed by atoms with E-state index >= 15 is 0 Å². The molecule has 0 aromatic carbocycles. The molecule has 0 aliphatic carbocycles. The first-order chi connectivity index (χ1) is 10.6. The molecule has 0 N–H and O–H groups in total. The molecule has 2 aromatic heterocycles. The zero-order chi connectivity index (χ0) is 15.6. The summed E-state index contributed by atoms with van der Waals surface area (Å²) in [4.78, 5) is 0. The second kappa shape index (κ2) is 6.16. The van der Waals surface area contributed by atoms with Crippen LogP contribution in [0.3, 0.4) is 0 Å². The van der Waals surface area contributed by atoms with Gasteiger partial charge in [0.2, 0.25) is 0 Å². The number of hydrogen-bond acceptors (Lipinski definition) is 5. The number of nitrogens with zero attached hydrogens (tertiary/aromatic N) is 6. The van der Waals surface area contributed by atoms with Crippen LogP contribution in [0.5, 0.6) is 0 Å². The third-order valence-corrected chi connectivity index (χ3v) is 4.27. The van der Waals surface area contributed by atoms with Crippen molar-refractivity contribution in [3.8, 4) is 0 Å². The smallest absolute Gasteiger partial charge is 0.134 e. The molecule has 120 valence electrons. The average molecular weight is 304 g/mol. The van der Waals surface area contributed by atoms with Gasteiger partial charge in [-0.2, -0.15) is 0 Å². The van der Waals surface area contributed by atoms with Crippen LogP contribution in [0.4, 0.5) is 0 Å². The molecule has 22 heavy (non-hydrogen) atoms. The highest BCUT2D eigenvalue weighted by Gasteiger charge is 2.31. The van der Waals surface area contributed by atoms with E-state index in [9.17, 15) is 0 Å². The lowest BCUT2D eigenvalue weighted by Gasteiger charge is -2.34. The lowest BCUT2D eigenvalue weighted by molar-refractivity contribution is -0.0597. The van der Waals surface area contributed by atoms with E-state index in [0.717, 1.165) is 50.5 Å². The van der Waals surface area contributed by atoms with Crippen LogP contribution in [0.15, 0.2) is 12.5 Å². The van der Waals surface area contributed by atoms with Crippen molar-refractivity contribution >= 4 is 0 Å². The fourth-order valence-corrected chi connectivity index (χ4v) is 3.05. The van der Waals surface area contributed by atoms with Crippen LogP contribution >= 0.6 is 0 Å². The normalized spacial score (nSPS) is 21.1. The summed E-state index contributed by atoms with van der Waals surface area (Å²) in [5.74, 6) is 1.43. The van der Waals surface area contributed by atoms with E-state index in [1.165, 1.54) is 0 Å². The van der Waals surface area contributed by atoms with E-state index in [2.05, 4.69) is 52.0 Å². The van der Waals surface area contributed by atoms with Crippen molar-refractivity contribution in [3.63, 3.8) is 0 Å². The molecule has 0 bridgehead atoms. The zero-order valence-corrected chi connectivity index (χ0v) is 13.6. The van der Waals surface area contributed by atoms with Crippen LogP contribution < -0.4 is 0 Å². The highest BCUT2D eigenvalue weighted by atomic mass is 16.5. The molecule has 1 fully saturated rings. The van der Waals surface area contributed by atoms with E-state index in [1.807, 2.05) is 4.68 Å². The van der Waals surface area contributed by atoms with Gasteiger partial charge in [-0.25, -0.2) is 0 Å². The molecule has 1 atom stereocenters. The van der Waals surface area contributed by atoms with E-state index in [4.69, 9.17) is 4.74 Å². The molecule has 7 heteroatoms. The Kier molecular flexibility index (Phi) is 4.24. The molecule has 0 amide bonds. The summed E-state index contributed by atoms with van der Waals surface area (Å²) in [7, 11) is 0. The summed E-state index contributed by atoms with van der Waals surface area (Å²) in [6, 6.07) is 0. The Balaban J connectivity index is 1.62. The fraction of sp³-hybridized carbons (Fsp3) is 0.733. The van der Waals surface area contributed by atoms with Gasteiger partial charge in [-0.15, -0.1) is 15.3 Å². The van der Waals surface area contributed by atoms with E-state index < -0.39 is 0 Å². The minimum absolute atomic E-state index is 0.0652. The molecular weight excluding hydrogens is 280 g/mol. The highest BCUT2D eigenvalue weighted by molar-refractivity contribution is 5.05. The first-order valence-corrected chi connectivity index (χ1v) is 7.98. The summed E-state index contributed by atoms with van der Waals surface area (Å²) < 4.78 is 9.74. The molecule has 1 saturated heterocycles. The van der Waals surface area contributed by atoms with Crippen molar-refractivity contribution in [2.24, 2.45) is 0 Å². The molecule has 3 rings (SSSR count). The summed E-state index contributed by atoms with van der Waals surface area (Å²) in [5, 5.41) is 16.7. The maximum absolute atomic E-state index is 5.77. The Morgan fingerprint density at radius 1 is 1.36 bits per heavy atom. The van der Waals surface area contributed by atoms with Crippen molar-refractivity contribution in [1.29, 1.82) is 0 Å². The van der Waals surface area contributed by atoms with Gasteiger partial charge in [-0.3, -0.25) is 4.68 Å². The maximum Gasteiger partial charge on any atom is 0.134 e. The van der Waals surface area contributed by atoms with E-state index in [1.54, 1.807) is 6.33 Å². The zero-order valence-electron chi connectivity index (χ0n) is 13.6. The lowest BCUT2D eigenvalue weighted by atomic mass is 9.86. The maximum atomic E-state index is 5.77. The van der Waals surface area contributed by atoms with Crippen LogP contribution in [0.1, 0.15) is 51.0 Å². The standard InChI is InChI=1S/C15H24N6O/c1-4-20-11-16-18-14(20)5-7-21-10-13(17-19-21)12-6-8-22-15(2,3)9-12/h10-12H,4-9H2,1-3H3/t12-/m1/s1. The third-order valence-electron chi connectivity index (χ3n) is 4.27. The van der Waals surface area contributed by atoms with Crippen molar-refractivity contribution in [1.82, 2.24) is 29.8 Å². The largest absolute Gasteiger partial charge is 0.376 e. The molecule has 0 radical (unpaired) electrons. The van der Waals surface area contributed by atoms with Crippen LogP contribution in [0.25, 0.3) is 0 Å². The summed E-state index contributed by atoms with van der Waals surface area (Å²) >= 11 is 0. The molecule has 3 heterocycles. The number of rotatable bonds is 5. The van der Waals surface area contributed by atoms with Gasteiger partial charge in [0, 0.05) is 38.2 Å². The molecule has 0 spiro atoms. The lowest BCUT2D eigenvalue weighted by Crippen LogP contribution is -2.33. The Hall–Kier alpha value is -1.76. The summed E-state index contributed by atoms with van der Waals surface area (Å²) in [6.45, 7) is 8.83. The molecule has 0 saturated carbocycles. The predicted octanol–water partition coefficient (Wildman–Crippen LogP) is 1.80. The highest BCUT2D eigenvalue weighted by Crippen LogP contribution is 2.34. The van der Waals surface area contributed by atoms with Gasteiger partial charge >= 0.3 is 0 Å². The molecule has 2 aromatic rings. The quantitative estimate of drug-likeness (QED) is 0.842. The molecular formula is C15H24N6O. The van der Waals surface area contributed by atoms with Gasteiger partial charge in [0.05, 0.1) is 11.3 Å². The van der Waals surface area contributed by atoms with Crippen LogP contribution in [-0.4, -0.2) is 42.0 Å². The Morgan fingerprint density at radius 3 is 3.00 bits per heavy atom. The summed E-state index contributed by atoms with van der Waals surface area (Å²) in [5.41, 5.74) is 1.01. The predicted molar refractivity (Wildman–Crippen MR) is 81.4 cm³/mol. The van der Waals surface area contributed by atoms with Gasteiger partial charge in [0.25, 0.3) is 0 Å². The minimum Gasteiger partial charge on any atom is -0.376 e. The minimum atomic E-state index is -0.0652. The fourth-order valence-electron chi connectivity index (χ4n) is 3.05.